The van der Waals surface area contributed by atoms with Crippen molar-refractivity contribution in [1.29, 1.82) is 0 Å². The molecule has 0 N–H and O–H groups in total. The van der Waals surface area contributed by atoms with Crippen molar-refractivity contribution in [2.45, 2.75) is 24.4 Å². The predicted molar refractivity (Wildman–Crippen MR) is 98.9 cm³/mol. The van der Waals surface area contributed by atoms with E-state index in [1.807, 2.05) is 18.2 Å². The molecule has 1 saturated heterocycles. The highest BCUT2D eigenvalue weighted by atomic mass is 35.5. The molecular formula is C18H20ClN3O3S. The van der Waals surface area contributed by atoms with E-state index < -0.39 is 9.84 Å². The van der Waals surface area contributed by atoms with Crippen LogP contribution >= 0.6 is 11.6 Å². The van der Waals surface area contributed by atoms with Gasteiger partial charge in [-0.1, -0.05) is 41.9 Å². The number of carbonyl (C=O) groups is 1. The second-order valence-corrected chi connectivity index (χ2v) is 8.86. The van der Waals surface area contributed by atoms with Gasteiger partial charge in [-0.2, -0.15) is 0 Å². The average molecular weight is 394 g/mol. The molecule has 2 heterocycles. The number of likely N-dealkylation sites (tertiary alicyclic amines) is 1. The molecule has 0 unspecified atom stereocenters. The summed E-state index contributed by atoms with van der Waals surface area (Å²) in [5.41, 5.74) is 1.25. The lowest BCUT2D eigenvalue weighted by Crippen LogP contribution is -2.39. The second kappa shape index (κ2) is 7.72. The summed E-state index contributed by atoms with van der Waals surface area (Å²) in [5, 5.41) is -0.321. The van der Waals surface area contributed by atoms with Crippen molar-refractivity contribution in [2.75, 3.05) is 19.3 Å². The number of carbonyl (C=O) groups excluding carboxylic acids is 1. The lowest BCUT2D eigenvalue weighted by atomic mass is 9.90. The van der Waals surface area contributed by atoms with E-state index in [4.69, 9.17) is 11.6 Å². The fourth-order valence-corrected chi connectivity index (χ4v) is 3.79. The maximum absolute atomic E-state index is 12.7. The van der Waals surface area contributed by atoms with Gasteiger partial charge in [-0.05, 0) is 30.7 Å². The fourth-order valence-electron chi connectivity index (χ4n) is 3.12. The molecular weight excluding hydrogens is 374 g/mol. The zero-order valence-corrected chi connectivity index (χ0v) is 16.0. The van der Waals surface area contributed by atoms with Crippen molar-refractivity contribution in [1.82, 2.24) is 14.9 Å². The smallest absolute Gasteiger partial charge is 0.274 e. The van der Waals surface area contributed by atoms with Crippen LogP contribution in [0.15, 0.2) is 41.7 Å². The van der Waals surface area contributed by atoms with Gasteiger partial charge in [0.1, 0.15) is 0 Å². The third kappa shape index (κ3) is 4.40. The molecule has 0 spiro atoms. The monoisotopic (exact) mass is 393 g/mol. The minimum Gasteiger partial charge on any atom is -0.337 e. The van der Waals surface area contributed by atoms with Crippen LogP contribution in [0.5, 0.6) is 0 Å². The Hall–Kier alpha value is -1.99. The molecule has 1 aromatic heterocycles. The molecule has 6 nitrogen and oxygen atoms in total. The van der Waals surface area contributed by atoms with Crippen LogP contribution in [0.4, 0.5) is 0 Å². The van der Waals surface area contributed by atoms with Gasteiger partial charge in [-0.3, -0.25) is 4.79 Å². The van der Waals surface area contributed by atoms with E-state index in [1.54, 1.807) is 4.90 Å². The number of benzene rings is 1. The minimum atomic E-state index is -3.60. The van der Waals surface area contributed by atoms with Crippen LogP contribution in [-0.4, -0.2) is 48.5 Å². The summed E-state index contributed by atoms with van der Waals surface area (Å²) in [6, 6.07) is 10.3. The Labute approximate surface area is 158 Å². The second-order valence-electron chi connectivity index (χ2n) is 6.55. The van der Waals surface area contributed by atoms with E-state index >= 15 is 0 Å². The third-order valence-electron chi connectivity index (χ3n) is 4.53. The number of amides is 1. The Kier molecular flexibility index (Phi) is 5.58. The normalized spacial score (nSPS) is 15.8. The number of aromatic nitrogens is 2. The first-order chi connectivity index (χ1) is 12.3. The summed E-state index contributed by atoms with van der Waals surface area (Å²) in [7, 11) is -3.60. The molecule has 1 amide bonds. The molecule has 0 radical (unpaired) electrons. The molecule has 1 fully saturated rings. The lowest BCUT2D eigenvalue weighted by molar-refractivity contribution is 0.0683. The highest BCUT2D eigenvalue weighted by Crippen LogP contribution is 2.24. The zero-order valence-electron chi connectivity index (χ0n) is 14.4. The van der Waals surface area contributed by atoms with Gasteiger partial charge >= 0.3 is 0 Å². The lowest BCUT2D eigenvalue weighted by Gasteiger charge is -2.32. The van der Waals surface area contributed by atoms with Gasteiger partial charge in [0.05, 0.1) is 11.2 Å². The minimum absolute atomic E-state index is 0.0522. The zero-order chi connectivity index (χ0) is 18.7. The maximum atomic E-state index is 12.7. The van der Waals surface area contributed by atoms with E-state index in [2.05, 4.69) is 22.1 Å². The van der Waals surface area contributed by atoms with Crippen LogP contribution in [0.3, 0.4) is 0 Å². The molecule has 1 aromatic carbocycles. The standard InChI is InChI=1S/C18H20ClN3O3S/c1-26(24,25)18-20-12-15(19)16(21-18)17(23)22-9-7-14(8-10-22)11-13-5-3-2-4-6-13/h2-6,12,14H,7-11H2,1H3. The van der Waals surface area contributed by atoms with Crippen molar-refractivity contribution < 1.29 is 13.2 Å². The Morgan fingerprint density at radius 1 is 1.23 bits per heavy atom. The van der Waals surface area contributed by atoms with Gasteiger partial charge in [-0.25, -0.2) is 18.4 Å². The number of sulfone groups is 1. The van der Waals surface area contributed by atoms with Crippen molar-refractivity contribution in [3.05, 3.63) is 52.8 Å². The third-order valence-corrected chi connectivity index (χ3v) is 5.66. The largest absolute Gasteiger partial charge is 0.337 e. The van der Waals surface area contributed by atoms with E-state index in [9.17, 15) is 13.2 Å². The number of nitrogens with zero attached hydrogens (tertiary/aromatic N) is 3. The van der Waals surface area contributed by atoms with Crippen LogP contribution in [-0.2, 0) is 16.3 Å². The Morgan fingerprint density at radius 3 is 2.50 bits per heavy atom. The number of halogens is 1. The van der Waals surface area contributed by atoms with Crippen molar-refractivity contribution in [2.24, 2.45) is 5.92 Å². The summed E-state index contributed by atoms with van der Waals surface area (Å²) < 4.78 is 23.2. The topological polar surface area (TPSA) is 80.2 Å². The van der Waals surface area contributed by atoms with Gasteiger partial charge < -0.3 is 4.90 Å². The first-order valence-electron chi connectivity index (χ1n) is 8.40. The molecule has 138 valence electrons. The average Bonchev–Trinajstić information content (AvgIpc) is 2.62. The van der Waals surface area contributed by atoms with Gasteiger partial charge in [0.25, 0.3) is 5.91 Å². The van der Waals surface area contributed by atoms with Crippen LogP contribution in [0.25, 0.3) is 0 Å². The summed E-state index contributed by atoms with van der Waals surface area (Å²) >= 11 is 6.03. The van der Waals surface area contributed by atoms with Crippen LogP contribution in [0.1, 0.15) is 28.9 Å². The van der Waals surface area contributed by atoms with Crippen LogP contribution < -0.4 is 0 Å². The molecule has 1 aliphatic heterocycles. The Bertz CT molecular complexity index is 895. The fraction of sp³-hybridized carbons (Fsp3) is 0.389. The van der Waals surface area contributed by atoms with Gasteiger partial charge in [0.2, 0.25) is 15.0 Å². The van der Waals surface area contributed by atoms with Crippen LogP contribution in [0, 0.1) is 5.92 Å². The van der Waals surface area contributed by atoms with Crippen molar-refractivity contribution >= 4 is 27.3 Å². The van der Waals surface area contributed by atoms with Crippen molar-refractivity contribution in [3.63, 3.8) is 0 Å². The molecule has 26 heavy (non-hydrogen) atoms. The highest BCUT2D eigenvalue weighted by Gasteiger charge is 2.27. The Morgan fingerprint density at radius 2 is 1.88 bits per heavy atom. The molecule has 0 saturated carbocycles. The first kappa shape index (κ1) is 18.8. The summed E-state index contributed by atoms with van der Waals surface area (Å²) in [6.45, 7) is 1.20. The summed E-state index contributed by atoms with van der Waals surface area (Å²) in [4.78, 5) is 22.0. The summed E-state index contributed by atoms with van der Waals surface area (Å²) in [6.07, 6.45) is 4.94. The van der Waals surface area contributed by atoms with Gasteiger partial charge in [-0.15, -0.1) is 0 Å². The molecule has 0 aliphatic carbocycles. The molecule has 3 rings (SSSR count). The molecule has 1 aliphatic rings. The molecule has 8 heteroatoms. The molecule has 2 aromatic rings. The number of hydrogen-bond donors (Lipinski definition) is 0. The van der Waals surface area contributed by atoms with E-state index in [0.717, 1.165) is 25.5 Å². The first-order valence-corrected chi connectivity index (χ1v) is 10.7. The maximum Gasteiger partial charge on any atom is 0.274 e. The van der Waals surface area contributed by atoms with Crippen molar-refractivity contribution in [3.8, 4) is 0 Å². The highest BCUT2D eigenvalue weighted by molar-refractivity contribution is 7.90. The predicted octanol–water partition coefficient (Wildman–Crippen LogP) is 2.63. The van der Waals surface area contributed by atoms with Crippen LogP contribution in [0.2, 0.25) is 5.02 Å². The van der Waals surface area contributed by atoms with Gasteiger partial charge in [0, 0.05) is 19.3 Å². The van der Waals surface area contributed by atoms with E-state index in [-0.39, 0.29) is 21.8 Å². The number of rotatable bonds is 4. The number of hydrogen-bond acceptors (Lipinski definition) is 5. The SMILES string of the molecule is CS(=O)(=O)c1ncc(Cl)c(C(=O)N2CCC(Cc3ccccc3)CC2)n1. The molecule has 0 atom stereocenters. The molecule has 0 bridgehead atoms. The quantitative estimate of drug-likeness (QED) is 0.746. The Balaban J connectivity index is 1.67. The van der Waals surface area contributed by atoms with E-state index in [1.165, 1.54) is 11.8 Å². The number of piperidine rings is 1. The summed E-state index contributed by atoms with van der Waals surface area (Å²) in [5.74, 6) is 0.175. The van der Waals surface area contributed by atoms with Gasteiger partial charge in [0.15, 0.2) is 5.69 Å². The van der Waals surface area contributed by atoms with E-state index in [0.29, 0.717) is 19.0 Å².